The standard InChI is InChI=1S/C40H33N3OS/c1-24-20-25(2)37(26(3)21-24)43-34-17-11-10-16-32(34)40(30-14-8-6-12-28(30)29-13-7-9-15-31(29)40)33-22-27(18-19-35(33)43)23-36-38(44)42(5)39(45)41(36)4/h6-23H,1-5H3/b36-23+. The number of carbonyl (C=O) groups is 1. The van der Waals surface area contributed by atoms with Gasteiger partial charge in [-0.05, 0) is 107 Å². The van der Waals surface area contributed by atoms with Gasteiger partial charge in [0.25, 0.3) is 5.91 Å². The van der Waals surface area contributed by atoms with E-state index >= 15 is 0 Å². The van der Waals surface area contributed by atoms with Crippen molar-refractivity contribution in [3.05, 3.63) is 153 Å². The highest BCUT2D eigenvalue weighted by molar-refractivity contribution is 7.80. The van der Waals surface area contributed by atoms with Crippen LogP contribution in [0.1, 0.15) is 44.5 Å². The molecular weight excluding hydrogens is 571 g/mol. The van der Waals surface area contributed by atoms with Gasteiger partial charge in [-0.3, -0.25) is 9.69 Å². The Morgan fingerprint density at radius 1 is 0.644 bits per heavy atom. The zero-order chi connectivity index (χ0) is 31.2. The number of nitrogens with zero attached hydrogens (tertiary/aromatic N) is 3. The summed E-state index contributed by atoms with van der Waals surface area (Å²) in [5.74, 6) is -0.0932. The van der Waals surface area contributed by atoms with Gasteiger partial charge in [0.1, 0.15) is 5.70 Å². The molecule has 220 valence electrons. The highest BCUT2D eigenvalue weighted by Gasteiger charge is 2.51. The molecule has 8 rings (SSSR count). The number of likely N-dealkylation sites (N-methyl/N-ethyl adjacent to an activating group) is 2. The number of anilines is 3. The number of amides is 1. The molecule has 2 aliphatic heterocycles. The highest BCUT2D eigenvalue weighted by atomic mass is 32.1. The van der Waals surface area contributed by atoms with E-state index in [1.54, 1.807) is 11.9 Å². The largest absolute Gasteiger partial charge is 0.317 e. The molecule has 2 heterocycles. The van der Waals surface area contributed by atoms with Crippen molar-refractivity contribution < 1.29 is 4.79 Å². The van der Waals surface area contributed by atoms with Gasteiger partial charge < -0.3 is 9.80 Å². The number of carbonyl (C=O) groups excluding carboxylic acids is 1. The van der Waals surface area contributed by atoms with Gasteiger partial charge in [0.15, 0.2) is 5.11 Å². The van der Waals surface area contributed by atoms with E-state index in [1.165, 1.54) is 66.3 Å². The van der Waals surface area contributed by atoms with E-state index in [1.807, 2.05) is 13.1 Å². The second-order valence-corrected chi connectivity index (χ2v) is 12.8. The summed E-state index contributed by atoms with van der Waals surface area (Å²) < 4.78 is 0. The molecule has 5 aromatic carbocycles. The van der Waals surface area contributed by atoms with E-state index in [-0.39, 0.29) is 5.91 Å². The van der Waals surface area contributed by atoms with Crippen LogP contribution in [0.5, 0.6) is 0 Å². The summed E-state index contributed by atoms with van der Waals surface area (Å²) in [5, 5.41) is 0.504. The van der Waals surface area contributed by atoms with E-state index in [0.717, 1.165) is 11.3 Å². The number of rotatable bonds is 2. The lowest BCUT2D eigenvalue weighted by Crippen LogP contribution is -2.36. The summed E-state index contributed by atoms with van der Waals surface area (Å²) in [5.41, 5.74) is 15.7. The van der Waals surface area contributed by atoms with E-state index in [0.29, 0.717) is 10.8 Å². The lowest BCUT2D eigenvalue weighted by atomic mass is 9.64. The van der Waals surface area contributed by atoms with Crippen LogP contribution < -0.4 is 4.90 Å². The SMILES string of the molecule is Cc1cc(C)c(N2c3ccccc3C3(c4ccccc4-c4ccccc43)c3cc(/C=C4\C(=O)N(C)C(=S)N4C)ccc32)c(C)c1. The molecule has 5 aromatic rings. The Kier molecular flexibility index (Phi) is 5.97. The zero-order valence-electron chi connectivity index (χ0n) is 26.1. The number of hydrogen-bond acceptors (Lipinski definition) is 3. The summed E-state index contributed by atoms with van der Waals surface area (Å²) in [6, 6.07) is 37.8. The Morgan fingerprint density at radius 3 is 1.80 bits per heavy atom. The van der Waals surface area contributed by atoms with Crippen LogP contribution >= 0.6 is 12.2 Å². The van der Waals surface area contributed by atoms with Crippen molar-refractivity contribution >= 4 is 46.4 Å². The molecule has 5 heteroatoms. The Balaban J connectivity index is 1.50. The Labute approximate surface area is 269 Å². The van der Waals surface area contributed by atoms with Gasteiger partial charge in [-0.15, -0.1) is 0 Å². The van der Waals surface area contributed by atoms with Crippen molar-refractivity contribution in [2.24, 2.45) is 0 Å². The van der Waals surface area contributed by atoms with Crippen LogP contribution in [0.25, 0.3) is 17.2 Å². The smallest absolute Gasteiger partial charge is 0.276 e. The molecule has 1 fully saturated rings. The minimum Gasteiger partial charge on any atom is -0.317 e. The van der Waals surface area contributed by atoms with Crippen molar-refractivity contribution in [2.45, 2.75) is 26.2 Å². The molecular formula is C40H33N3OS. The molecule has 0 radical (unpaired) electrons. The van der Waals surface area contributed by atoms with Crippen molar-refractivity contribution in [1.29, 1.82) is 0 Å². The van der Waals surface area contributed by atoms with Crippen LogP contribution in [0, 0.1) is 20.8 Å². The van der Waals surface area contributed by atoms with E-state index < -0.39 is 5.41 Å². The van der Waals surface area contributed by atoms with E-state index in [9.17, 15) is 4.79 Å². The summed E-state index contributed by atoms with van der Waals surface area (Å²) in [7, 11) is 3.59. The van der Waals surface area contributed by atoms with Crippen LogP contribution in [-0.4, -0.2) is 34.9 Å². The predicted molar refractivity (Wildman–Crippen MR) is 187 cm³/mol. The third-order valence-corrected chi connectivity index (χ3v) is 10.3. The highest BCUT2D eigenvalue weighted by Crippen LogP contribution is 2.63. The van der Waals surface area contributed by atoms with Crippen molar-refractivity contribution in [1.82, 2.24) is 9.80 Å². The lowest BCUT2D eigenvalue weighted by Gasteiger charge is -2.46. The molecule has 1 aliphatic carbocycles. The summed E-state index contributed by atoms with van der Waals surface area (Å²) in [6.07, 6.45) is 1.98. The van der Waals surface area contributed by atoms with Gasteiger partial charge in [0.05, 0.1) is 22.5 Å². The number of aryl methyl sites for hydroxylation is 3. The van der Waals surface area contributed by atoms with Gasteiger partial charge in [0, 0.05) is 14.1 Å². The molecule has 45 heavy (non-hydrogen) atoms. The Morgan fingerprint density at radius 2 is 1.20 bits per heavy atom. The molecule has 0 bridgehead atoms. The molecule has 3 aliphatic rings. The van der Waals surface area contributed by atoms with Gasteiger partial charge in [-0.25, -0.2) is 0 Å². The molecule has 0 N–H and O–H groups in total. The number of fused-ring (bicyclic) bond motifs is 9. The van der Waals surface area contributed by atoms with Gasteiger partial charge in [-0.1, -0.05) is 90.5 Å². The second-order valence-electron chi connectivity index (χ2n) is 12.5. The fraction of sp³-hybridized carbons (Fsp3) is 0.150. The monoisotopic (exact) mass is 603 g/mol. The maximum atomic E-state index is 13.2. The normalized spacial score (nSPS) is 16.7. The Hall–Kier alpha value is -5.00. The molecule has 1 amide bonds. The van der Waals surface area contributed by atoms with Crippen LogP contribution in [0.3, 0.4) is 0 Å². The predicted octanol–water partition coefficient (Wildman–Crippen LogP) is 8.79. The number of benzene rings is 5. The van der Waals surface area contributed by atoms with Crippen molar-refractivity contribution in [2.75, 3.05) is 19.0 Å². The average Bonchev–Trinajstić information content (AvgIpc) is 3.43. The molecule has 0 saturated carbocycles. The first-order valence-corrected chi connectivity index (χ1v) is 15.7. The molecule has 0 aromatic heterocycles. The summed E-state index contributed by atoms with van der Waals surface area (Å²) >= 11 is 5.53. The van der Waals surface area contributed by atoms with Crippen LogP contribution in [0.4, 0.5) is 17.1 Å². The third kappa shape index (κ3) is 3.65. The minimum absolute atomic E-state index is 0.0932. The number of hydrogen-bond donors (Lipinski definition) is 0. The molecule has 0 unspecified atom stereocenters. The first kappa shape index (κ1) is 27.5. The van der Waals surface area contributed by atoms with E-state index in [4.69, 9.17) is 12.2 Å². The van der Waals surface area contributed by atoms with Crippen molar-refractivity contribution in [3.8, 4) is 11.1 Å². The maximum absolute atomic E-state index is 13.2. The second kappa shape index (κ2) is 9.75. The van der Waals surface area contributed by atoms with Crippen molar-refractivity contribution in [3.63, 3.8) is 0 Å². The first-order valence-electron chi connectivity index (χ1n) is 15.3. The number of thiocarbonyl (C=S) groups is 1. The topological polar surface area (TPSA) is 26.8 Å². The zero-order valence-corrected chi connectivity index (χ0v) is 26.9. The molecule has 0 atom stereocenters. The van der Waals surface area contributed by atoms with Gasteiger partial charge in [-0.2, -0.15) is 0 Å². The molecule has 4 nitrogen and oxygen atoms in total. The molecule has 1 saturated heterocycles. The number of para-hydroxylation sites is 1. The minimum atomic E-state index is -0.547. The van der Waals surface area contributed by atoms with Gasteiger partial charge >= 0.3 is 0 Å². The third-order valence-electron chi connectivity index (χ3n) is 9.79. The quantitative estimate of drug-likeness (QED) is 0.146. The summed E-state index contributed by atoms with van der Waals surface area (Å²) in [4.78, 5) is 19.0. The fourth-order valence-electron chi connectivity index (χ4n) is 8.03. The van der Waals surface area contributed by atoms with E-state index in [2.05, 4.69) is 129 Å². The van der Waals surface area contributed by atoms with Gasteiger partial charge in [0.2, 0.25) is 0 Å². The fourth-order valence-corrected chi connectivity index (χ4v) is 8.21. The van der Waals surface area contributed by atoms with Crippen LogP contribution in [0.2, 0.25) is 0 Å². The summed E-state index contributed by atoms with van der Waals surface area (Å²) in [6.45, 7) is 6.58. The Bertz CT molecular complexity index is 2080. The molecule has 1 spiro atoms. The lowest BCUT2D eigenvalue weighted by molar-refractivity contribution is -0.121. The first-order chi connectivity index (χ1) is 21.7. The average molecular weight is 604 g/mol. The van der Waals surface area contributed by atoms with Crippen LogP contribution in [-0.2, 0) is 10.2 Å². The van der Waals surface area contributed by atoms with Crippen LogP contribution in [0.15, 0.2) is 109 Å². The maximum Gasteiger partial charge on any atom is 0.276 e.